The molecule has 0 aliphatic carbocycles. The molecule has 0 aliphatic heterocycles. The highest BCUT2D eigenvalue weighted by molar-refractivity contribution is 5.94. The van der Waals surface area contributed by atoms with Gasteiger partial charge in [0.05, 0.1) is 26.3 Å². The number of hydrogen-bond acceptors (Lipinski definition) is 8. The maximum atomic E-state index is 11.1. The molecule has 0 aliphatic rings. The van der Waals surface area contributed by atoms with Gasteiger partial charge in [0.15, 0.2) is 5.92 Å². The van der Waals surface area contributed by atoms with Crippen LogP contribution >= 0.6 is 0 Å². The normalized spacial score (nSPS) is 10.2. The largest absolute Gasteiger partial charge is 0.395 e. The molecular formula is C8H16N2O6. The Morgan fingerprint density at radius 2 is 1.44 bits per heavy atom. The van der Waals surface area contributed by atoms with Crippen LogP contribution in [-0.2, 0) is 19.3 Å². The average Bonchev–Trinajstić information content (AvgIpc) is 2.28. The Labute approximate surface area is 92.4 Å². The number of carbonyl (C=O) groups is 2. The molecule has 0 amide bonds. The molecule has 0 aromatic carbocycles. The predicted octanol–water partition coefficient (Wildman–Crippen LogP) is -2.30. The highest BCUT2D eigenvalue weighted by Gasteiger charge is 2.25. The van der Waals surface area contributed by atoms with E-state index in [2.05, 4.69) is 20.6 Å². The van der Waals surface area contributed by atoms with Crippen LogP contribution in [0.3, 0.4) is 0 Å². The lowest BCUT2D eigenvalue weighted by atomic mass is 10.2. The molecule has 0 fully saturated rings. The highest BCUT2D eigenvalue weighted by atomic mass is 16.7. The third-order valence-electron chi connectivity index (χ3n) is 1.48. The number of hydroxylamine groups is 2. The summed E-state index contributed by atoms with van der Waals surface area (Å²) in [6.07, 6.45) is 0. The van der Waals surface area contributed by atoms with Crippen LogP contribution in [0, 0.1) is 5.92 Å². The molecule has 0 bridgehead atoms. The Hall–Kier alpha value is -1.22. The van der Waals surface area contributed by atoms with Crippen molar-refractivity contribution < 1.29 is 29.5 Å². The molecule has 0 heterocycles. The van der Waals surface area contributed by atoms with E-state index in [1.165, 1.54) is 6.92 Å². The predicted molar refractivity (Wildman–Crippen MR) is 51.5 cm³/mol. The van der Waals surface area contributed by atoms with Crippen molar-refractivity contribution in [3.05, 3.63) is 0 Å². The van der Waals surface area contributed by atoms with E-state index in [1.807, 2.05) is 0 Å². The number of aliphatic hydroxyl groups excluding tert-OH is 2. The van der Waals surface area contributed by atoms with Gasteiger partial charge in [-0.3, -0.25) is 0 Å². The molecule has 0 radical (unpaired) electrons. The van der Waals surface area contributed by atoms with E-state index in [4.69, 9.17) is 10.2 Å². The minimum atomic E-state index is -1.10. The smallest absolute Gasteiger partial charge is 0.338 e. The minimum Gasteiger partial charge on any atom is -0.395 e. The van der Waals surface area contributed by atoms with Crippen molar-refractivity contribution in [3.8, 4) is 0 Å². The van der Waals surface area contributed by atoms with Crippen molar-refractivity contribution in [2.24, 2.45) is 5.92 Å². The molecule has 0 aromatic rings. The van der Waals surface area contributed by atoms with Crippen LogP contribution in [0.2, 0.25) is 0 Å². The van der Waals surface area contributed by atoms with Crippen LogP contribution < -0.4 is 11.0 Å². The molecule has 0 atom stereocenters. The number of nitrogens with one attached hydrogen (secondary N) is 2. The van der Waals surface area contributed by atoms with Crippen molar-refractivity contribution in [1.29, 1.82) is 0 Å². The lowest BCUT2D eigenvalue weighted by molar-refractivity contribution is -0.169. The Kier molecular flexibility index (Phi) is 8.35. The monoisotopic (exact) mass is 236 g/mol. The van der Waals surface area contributed by atoms with Gasteiger partial charge in [-0.25, -0.2) is 9.59 Å². The molecule has 0 unspecified atom stereocenters. The molecular weight excluding hydrogens is 220 g/mol. The topological polar surface area (TPSA) is 117 Å². The lowest BCUT2D eigenvalue weighted by Crippen LogP contribution is -2.34. The van der Waals surface area contributed by atoms with Crippen molar-refractivity contribution >= 4 is 11.9 Å². The first-order valence-electron chi connectivity index (χ1n) is 4.72. The number of hydrogen-bond donors (Lipinski definition) is 4. The lowest BCUT2D eigenvalue weighted by Gasteiger charge is -2.10. The molecule has 0 rings (SSSR count). The van der Waals surface area contributed by atoms with Gasteiger partial charge in [-0.05, 0) is 6.92 Å². The fourth-order valence-electron chi connectivity index (χ4n) is 0.609. The maximum absolute atomic E-state index is 11.1. The van der Waals surface area contributed by atoms with E-state index in [9.17, 15) is 9.59 Å². The molecule has 8 nitrogen and oxygen atoms in total. The molecule has 0 saturated carbocycles. The summed E-state index contributed by atoms with van der Waals surface area (Å²) in [5.41, 5.74) is 4.34. The van der Waals surface area contributed by atoms with Gasteiger partial charge >= 0.3 is 11.9 Å². The van der Waals surface area contributed by atoms with Gasteiger partial charge in [0.25, 0.3) is 0 Å². The van der Waals surface area contributed by atoms with Crippen molar-refractivity contribution in [3.63, 3.8) is 0 Å². The summed E-state index contributed by atoms with van der Waals surface area (Å²) in [5.74, 6) is -2.73. The first-order valence-corrected chi connectivity index (χ1v) is 4.72. The van der Waals surface area contributed by atoms with Gasteiger partial charge in [-0.1, -0.05) is 0 Å². The van der Waals surface area contributed by atoms with Gasteiger partial charge in [0, 0.05) is 0 Å². The fourth-order valence-corrected chi connectivity index (χ4v) is 0.609. The zero-order valence-corrected chi connectivity index (χ0v) is 8.93. The van der Waals surface area contributed by atoms with Crippen LogP contribution in [0.5, 0.6) is 0 Å². The zero-order chi connectivity index (χ0) is 12.4. The quantitative estimate of drug-likeness (QED) is 0.211. The summed E-state index contributed by atoms with van der Waals surface area (Å²) in [6, 6.07) is 0. The number of aliphatic hydroxyl groups is 2. The van der Waals surface area contributed by atoms with Crippen LogP contribution in [0.15, 0.2) is 0 Å². The minimum absolute atomic E-state index is 0.0796. The summed E-state index contributed by atoms with van der Waals surface area (Å²) < 4.78 is 0. The molecule has 16 heavy (non-hydrogen) atoms. The van der Waals surface area contributed by atoms with E-state index in [-0.39, 0.29) is 26.3 Å². The van der Waals surface area contributed by atoms with E-state index in [0.29, 0.717) is 0 Å². The second-order valence-corrected chi connectivity index (χ2v) is 2.80. The Balaban J connectivity index is 3.78. The Morgan fingerprint density at radius 3 is 1.75 bits per heavy atom. The van der Waals surface area contributed by atoms with E-state index in [0.717, 1.165) is 0 Å². The van der Waals surface area contributed by atoms with E-state index >= 15 is 0 Å². The number of rotatable bonds is 8. The molecule has 4 N–H and O–H groups in total. The van der Waals surface area contributed by atoms with Gasteiger partial charge in [0.1, 0.15) is 0 Å². The third-order valence-corrected chi connectivity index (χ3v) is 1.48. The van der Waals surface area contributed by atoms with E-state index in [1.54, 1.807) is 0 Å². The Bertz CT molecular complexity index is 201. The Morgan fingerprint density at radius 1 is 1.06 bits per heavy atom. The maximum Gasteiger partial charge on any atom is 0.338 e. The average molecular weight is 236 g/mol. The van der Waals surface area contributed by atoms with Gasteiger partial charge in [-0.2, -0.15) is 11.0 Å². The highest BCUT2D eigenvalue weighted by Crippen LogP contribution is 1.99. The second kappa shape index (κ2) is 9.04. The third kappa shape index (κ3) is 6.30. The molecule has 8 heteroatoms. The summed E-state index contributed by atoms with van der Waals surface area (Å²) >= 11 is 0. The first kappa shape index (κ1) is 14.8. The van der Waals surface area contributed by atoms with Crippen LogP contribution in [0.4, 0.5) is 0 Å². The second-order valence-electron chi connectivity index (χ2n) is 2.80. The zero-order valence-electron chi connectivity index (χ0n) is 8.93. The first-order chi connectivity index (χ1) is 7.63. The molecule has 94 valence electrons. The van der Waals surface area contributed by atoms with Crippen LogP contribution in [0.1, 0.15) is 6.92 Å². The van der Waals surface area contributed by atoms with Gasteiger partial charge in [0.2, 0.25) is 0 Å². The summed E-state index contributed by atoms with van der Waals surface area (Å²) in [7, 11) is 0. The summed E-state index contributed by atoms with van der Waals surface area (Å²) in [4.78, 5) is 31.2. The number of carbonyl (C=O) groups excluding carboxylic acids is 2. The molecule has 0 saturated heterocycles. The SMILES string of the molecule is CC(C(=O)ONCCO)C(=O)ONCCO. The van der Waals surface area contributed by atoms with Crippen molar-refractivity contribution in [2.75, 3.05) is 26.3 Å². The van der Waals surface area contributed by atoms with Crippen molar-refractivity contribution in [2.45, 2.75) is 6.92 Å². The summed E-state index contributed by atoms with van der Waals surface area (Å²) in [5, 5.41) is 16.8. The van der Waals surface area contributed by atoms with Gasteiger partial charge in [-0.15, -0.1) is 0 Å². The van der Waals surface area contributed by atoms with Crippen LogP contribution in [0.25, 0.3) is 0 Å². The standard InChI is InChI=1S/C8H16N2O6/c1-6(7(13)15-9-2-4-11)8(14)16-10-3-5-12/h6,9-12H,2-5H2,1H3. The fraction of sp³-hybridized carbons (Fsp3) is 0.750. The van der Waals surface area contributed by atoms with E-state index < -0.39 is 17.9 Å². The van der Waals surface area contributed by atoms with Crippen LogP contribution in [-0.4, -0.2) is 48.5 Å². The molecule has 0 spiro atoms. The van der Waals surface area contributed by atoms with Gasteiger partial charge < -0.3 is 19.9 Å². The molecule has 0 aromatic heterocycles. The van der Waals surface area contributed by atoms with Crippen molar-refractivity contribution in [1.82, 2.24) is 11.0 Å². The summed E-state index contributed by atoms with van der Waals surface area (Å²) in [6.45, 7) is 1.09.